The zero-order valence-electron chi connectivity index (χ0n) is 42.0. The number of amides is 1. The summed E-state index contributed by atoms with van der Waals surface area (Å²) < 4.78 is 0. The van der Waals surface area contributed by atoms with Crippen molar-refractivity contribution < 1.29 is 15.0 Å². The van der Waals surface area contributed by atoms with Crippen LogP contribution in [0.2, 0.25) is 0 Å². The highest BCUT2D eigenvalue weighted by atomic mass is 16.3. The zero-order chi connectivity index (χ0) is 44.2. The van der Waals surface area contributed by atoms with E-state index in [0.717, 1.165) is 25.7 Å². The number of rotatable bonds is 53. The highest BCUT2D eigenvalue weighted by Gasteiger charge is 2.18. The summed E-state index contributed by atoms with van der Waals surface area (Å²) in [6, 6.07) is -0.617. The molecule has 0 aliphatic heterocycles. The molecule has 0 spiro atoms. The van der Waals surface area contributed by atoms with Crippen molar-refractivity contribution in [2.45, 2.75) is 341 Å². The van der Waals surface area contributed by atoms with Gasteiger partial charge in [0.15, 0.2) is 0 Å². The minimum Gasteiger partial charge on any atom is -0.394 e. The van der Waals surface area contributed by atoms with Gasteiger partial charge in [-0.15, -0.1) is 0 Å². The summed E-state index contributed by atoms with van der Waals surface area (Å²) in [4.78, 5) is 12.4. The van der Waals surface area contributed by atoms with Crippen molar-refractivity contribution in [3.05, 3.63) is 12.2 Å². The van der Waals surface area contributed by atoms with Gasteiger partial charge < -0.3 is 15.5 Å². The van der Waals surface area contributed by atoms with Crippen molar-refractivity contribution in [3.8, 4) is 0 Å². The van der Waals surface area contributed by atoms with Crippen LogP contribution in [0.5, 0.6) is 0 Å². The first-order valence-electron chi connectivity index (χ1n) is 28.4. The summed E-state index contributed by atoms with van der Waals surface area (Å²) in [7, 11) is 0. The van der Waals surface area contributed by atoms with E-state index in [-0.39, 0.29) is 12.5 Å². The predicted molar refractivity (Wildman–Crippen MR) is 272 cm³/mol. The van der Waals surface area contributed by atoms with E-state index in [1.165, 1.54) is 283 Å². The summed E-state index contributed by atoms with van der Waals surface area (Å²) in [5.41, 5.74) is 0. The number of carbonyl (C=O) groups excluding carboxylic acids is 1. The average Bonchev–Trinajstić information content (AvgIpc) is 3.26. The van der Waals surface area contributed by atoms with Crippen LogP contribution in [0.4, 0.5) is 0 Å². The number of allylic oxidation sites excluding steroid dienone is 1. The molecule has 3 N–H and O–H groups in total. The second-order valence-electron chi connectivity index (χ2n) is 19.7. The number of nitrogens with one attached hydrogen (secondary N) is 1. The molecule has 0 aromatic rings. The minimum atomic E-state index is -0.834. The van der Waals surface area contributed by atoms with Gasteiger partial charge >= 0.3 is 0 Å². The second kappa shape index (κ2) is 53.5. The molecule has 0 heterocycles. The van der Waals surface area contributed by atoms with Crippen molar-refractivity contribution in [2.24, 2.45) is 0 Å². The molecule has 0 bridgehead atoms. The maximum absolute atomic E-state index is 12.4. The normalized spacial score (nSPS) is 12.8. The molecular weight excluding hydrogens is 747 g/mol. The van der Waals surface area contributed by atoms with Crippen molar-refractivity contribution in [1.29, 1.82) is 0 Å². The number of aliphatic hydroxyl groups excluding tert-OH is 2. The van der Waals surface area contributed by atoms with E-state index in [2.05, 4.69) is 19.2 Å². The lowest BCUT2D eigenvalue weighted by atomic mass is 10.0. The lowest BCUT2D eigenvalue weighted by Gasteiger charge is -2.20. The average molecular weight is 861 g/mol. The van der Waals surface area contributed by atoms with Gasteiger partial charge in [0, 0.05) is 6.42 Å². The Labute approximate surface area is 384 Å². The van der Waals surface area contributed by atoms with E-state index >= 15 is 0 Å². The van der Waals surface area contributed by atoms with Crippen molar-refractivity contribution in [3.63, 3.8) is 0 Å². The predicted octanol–water partition coefficient (Wildman–Crippen LogP) is 18.5. The van der Waals surface area contributed by atoms with E-state index < -0.39 is 12.1 Å². The fraction of sp³-hybridized carbons (Fsp3) is 0.947. The van der Waals surface area contributed by atoms with Gasteiger partial charge in [-0.3, -0.25) is 4.79 Å². The highest BCUT2D eigenvalue weighted by molar-refractivity contribution is 5.76. The molecule has 0 aliphatic carbocycles. The van der Waals surface area contributed by atoms with Crippen LogP contribution in [0.25, 0.3) is 0 Å². The van der Waals surface area contributed by atoms with E-state index in [9.17, 15) is 15.0 Å². The van der Waals surface area contributed by atoms with Crippen LogP contribution < -0.4 is 5.32 Å². The maximum atomic E-state index is 12.4. The van der Waals surface area contributed by atoms with E-state index in [0.29, 0.717) is 6.42 Å². The Bertz CT molecular complexity index is 844. The zero-order valence-corrected chi connectivity index (χ0v) is 42.0. The maximum Gasteiger partial charge on any atom is 0.220 e. The fourth-order valence-electron chi connectivity index (χ4n) is 9.18. The molecule has 0 radical (unpaired) electrons. The third-order valence-corrected chi connectivity index (χ3v) is 13.5. The standard InChI is InChI=1S/C57H113NO3/c1-3-5-7-9-11-13-15-17-19-20-21-22-23-24-25-26-27-28-29-30-31-32-33-34-35-36-37-39-41-43-45-47-49-51-53-57(61)58-55(54-59)56(60)52-50-48-46-44-42-40-38-18-16-14-12-10-8-6-4-2/h50,52,55-56,59-60H,3-49,51,53-54H2,1-2H3,(H,58,61)/b52-50+. The smallest absolute Gasteiger partial charge is 0.220 e. The molecule has 4 heteroatoms. The quantitative estimate of drug-likeness (QED) is 0.0421. The Hall–Kier alpha value is -0.870. The summed E-state index contributed by atoms with van der Waals surface area (Å²) in [5, 5.41) is 23.1. The first-order valence-corrected chi connectivity index (χ1v) is 28.4. The Morgan fingerprint density at radius 1 is 0.377 bits per heavy atom. The molecule has 1 amide bonds. The topological polar surface area (TPSA) is 69.6 Å². The summed E-state index contributed by atoms with van der Waals surface area (Å²) in [6.07, 6.45) is 69.6. The lowest BCUT2D eigenvalue weighted by molar-refractivity contribution is -0.123. The molecule has 0 aromatic carbocycles. The number of carbonyl (C=O) groups is 1. The van der Waals surface area contributed by atoms with Crippen LogP contribution in [0, 0.1) is 0 Å². The third-order valence-electron chi connectivity index (χ3n) is 13.5. The van der Waals surface area contributed by atoms with E-state index in [4.69, 9.17) is 0 Å². The van der Waals surface area contributed by atoms with Crippen molar-refractivity contribution in [2.75, 3.05) is 6.61 Å². The summed E-state index contributed by atoms with van der Waals surface area (Å²) in [5.74, 6) is -0.0566. The molecule has 0 aromatic heterocycles. The van der Waals surface area contributed by atoms with Gasteiger partial charge in [0.25, 0.3) is 0 Å². The first kappa shape index (κ1) is 60.1. The summed E-state index contributed by atoms with van der Waals surface area (Å²) in [6.45, 7) is 4.34. The number of unbranched alkanes of at least 4 members (excludes halogenated alkanes) is 46. The second-order valence-corrected chi connectivity index (χ2v) is 19.7. The molecule has 0 saturated heterocycles. The molecule has 61 heavy (non-hydrogen) atoms. The largest absolute Gasteiger partial charge is 0.394 e. The van der Waals surface area contributed by atoms with Crippen LogP contribution in [0.3, 0.4) is 0 Å². The van der Waals surface area contributed by atoms with Crippen LogP contribution in [0.1, 0.15) is 328 Å². The Kier molecular flexibility index (Phi) is 52.7. The van der Waals surface area contributed by atoms with E-state index in [1.807, 2.05) is 6.08 Å². The number of aliphatic hydroxyl groups is 2. The summed E-state index contributed by atoms with van der Waals surface area (Å²) >= 11 is 0. The molecule has 0 rings (SSSR count). The van der Waals surface area contributed by atoms with Crippen LogP contribution in [-0.2, 0) is 4.79 Å². The SMILES string of the molecule is CCCCCCCCCCCCCCC/C=C/C(O)C(CO)NC(=O)CCCCCCCCCCCCCCCCCCCCCCCCCCCCCCCCCCCC. The monoisotopic (exact) mass is 860 g/mol. The van der Waals surface area contributed by atoms with E-state index in [1.54, 1.807) is 6.08 Å². The van der Waals surface area contributed by atoms with Crippen LogP contribution in [0.15, 0.2) is 12.2 Å². The van der Waals surface area contributed by atoms with Crippen LogP contribution >= 0.6 is 0 Å². The van der Waals surface area contributed by atoms with Crippen molar-refractivity contribution >= 4 is 5.91 Å². The van der Waals surface area contributed by atoms with Gasteiger partial charge in [0.2, 0.25) is 5.91 Å². The molecule has 4 nitrogen and oxygen atoms in total. The van der Waals surface area contributed by atoms with Gasteiger partial charge in [-0.1, -0.05) is 315 Å². The Balaban J connectivity index is 3.38. The molecule has 0 fully saturated rings. The van der Waals surface area contributed by atoms with Crippen LogP contribution in [-0.4, -0.2) is 34.9 Å². The Morgan fingerprint density at radius 2 is 0.607 bits per heavy atom. The van der Waals surface area contributed by atoms with Gasteiger partial charge in [0.1, 0.15) is 0 Å². The third kappa shape index (κ3) is 50.0. The molecule has 0 saturated carbocycles. The molecular formula is C57H113NO3. The number of hydrogen-bond donors (Lipinski definition) is 3. The molecule has 2 unspecified atom stereocenters. The molecule has 364 valence electrons. The molecule has 2 atom stereocenters. The van der Waals surface area contributed by atoms with Gasteiger partial charge in [-0.2, -0.15) is 0 Å². The minimum absolute atomic E-state index is 0.0566. The van der Waals surface area contributed by atoms with Crippen molar-refractivity contribution in [1.82, 2.24) is 5.32 Å². The van der Waals surface area contributed by atoms with Gasteiger partial charge in [0.05, 0.1) is 18.8 Å². The highest BCUT2D eigenvalue weighted by Crippen LogP contribution is 2.18. The number of hydrogen-bond acceptors (Lipinski definition) is 3. The Morgan fingerprint density at radius 3 is 0.852 bits per heavy atom. The first-order chi connectivity index (χ1) is 30.2. The van der Waals surface area contributed by atoms with Gasteiger partial charge in [-0.25, -0.2) is 0 Å². The molecule has 0 aliphatic rings. The lowest BCUT2D eigenvalue weighted by Crippen LogP contribution is -2.45. The van der Waals surface area contributed by atoms with Gasteiger partial charge in [-0.05, 0) is 19.3 Å². The fourth-order valence-corrected chi connectivity index (χ4v) is 9.18.